The minimum absolute atomic E-state index is 0.127. The Bertz CT molecular complexity index is 1450. The van der Waals surface area contributed by atoms with E-state index in [4.69, 9.17) is 0 Å². The van der Waals surface area contributed by atoms with Crippen LogP contribution in [0, 0.1) is 0 Å². The Hall–Kier alpha value is -4.11. The van der Waals surface area contributed by atoms with E-state index in [0.717, 1.165) is 46.8 Å². The standard InChI is InChI=1S/C30H29N5O3S/c1-2-24(36)34-15-7-11-21(18-34)32-28(37)27-26-25-23(13-14-31-29(25)39-27)35(30(38)33-26)22-12-6-10-20(17-22)16-19-8-4-3-5-9-19/h2-6,8-10,12-14,17,21,26-27H,1,7,11,15-16,18H2,(H,32,37)(H,33,38)/t21?,26?,27-/m1/s1. The maximum Gasteiger partial charge on any atom is 0.327 e. The fourth-order valence-electron chi connectivity index (χ4n) is 5.63. The summed E-state index contributed by atoms with van der Waals surface area (Å²) in [5, 5.41) is 6.40. The summed E-state index contributed by atoms with van der Waals surface area (Å²) in [6.07, 6.45) is 5.37. The fourth-order valence-corrected chi connectivity index (χ4v) is 6.86. The van der Waals surface area contributed by atoms with E-state index in [2.05, 4.69) is 40.4 Å². The van der Waals surface area contributed by atoms with Gasteiger partial charge in [0, 0.05) is 30.9 Å². The number of carbonyl (C=O) groups is 3. The molecule has 4 heterocycles. The molecule has 3 atom stereocenters. The molecule has 198 valence electrons. The Kier molecular flexibility index (Phi) is 6.83. The summed E-state index contributed by atoms with van der Waals surface area (Å²) >= 11 is 1.37. The minimum atomic E-state index is -0.547. The molecule has 8 nitrogen and oxygen atoms in total. The Balaban J connectivity index is 1.23. The van der Waals surface area contributed by atoms with Gasteiger partial charge in [0.1, 0.15) is 10.3 Å². The smallest absolute Gasteiger partial charge is 0.327 e. The topological polar surface area (TPSA) is 94.6 Å². The van der Waals surface area contributed by atoms with E-state index in [1.165, 1.54) is 23.4 Å². The molecular weight excluding hydrogens is 510 g/mol. The molecule has 0 saturated carbocycles. The van der Waals surface area contributed by atoms with Crippen LogP contribution in [0.1, 0.15) is 35.6 Å². The molecule has 3 aliphatic rings. The molecule has 6 rings (SSSR count). The average Bonchev–Trinajstić information content (AvgIpc) is 3.33. The van der Waals surface area contributed by atoms with E-state index in [1.54, 1.807) is 16.0 Å². The number of carbonyl (C=O) groups excluding carboxylic acids is 3. The zero-order valence-corrected chi connectivity index (χ0v) is 22.2. The van der Waals surface area contributed by atoms with E-state index in [-0.39, 0.29) is 23.9 Å². The number of urea groups is 1. The van der Waals surface area contributed by atoms with Gasteiger partial charge in [0.25, 0.3) is 0 Å². The maximum atomic E-state index is 13.5. The second kappa shape index (κ2) is 10.6. The Morgan fingerprint density at radius 3 is 2.77 bits per heavy atom. The van der Waals surface area contributed by atoms with Crippen molar-refractivity contribution < 1.29 is 14.4 Å². The quantitative estimate of drug-likeness (QED) is 0.455. The number of rotatable bonds is 6. The van der Waals surface area contributed by atoms with Gasteiger partial charge in [-0.05, 0) is 54.7 Å². The van der Waals surface area contributed by atoms with Crippen LogP contribution in [0.15, 0.2) is 84.5 Å². The van der Waals surface area contributed by atoms with Crippen molar-refractivity contribution in [1.29, 1.82) is 0 Å². The lowest BCUT2D eigenvalue weighted by Crippen LogP contribution is -2.53. The largest absolute Gasteiger partial charge is 0.351 e. The van der Waals surface area contributed by atoms with E-state index in [9.17, 15) is 14.4 Å². The monoisotopic (exact) mass is 539 g/mol. The number of anilines is 2. The molecule has 1 saturated heterocycles. The highest BCUT2D eigenvalue weighted by Crippen LogP contribution is 2.50. The SMILES string of the molecule is C=CC(=O)N1CCCC(NC(=O)[C@@H]2Sc3nccc4c3C2NC(=O)N4c2cccc(Cc3ccccc3)c2)C1. The van der Waals surface area contributed by atoms with Crippen molar-refractivity contribution in [2.24, 2.45) is 0 Å². The third kappa shape index (κ3) is 4.90. The first-order valence-electron chi connectivity index (χ1n) is 13.1. The predicted octanol–water partition coefficient (Wildman–Crippen LogP) is 4.34. The molecule has 0 radical (unpaired) electrons. The Labute approximate surface area is 231 Å². The maximum absolute atomic E-state index is 13.5. The molecule has 1 fully saturated rings. The summed E-state index contributed by atoms with van der Waals surface area (Å²) in [6, 6.07) is 19.1. The highest BCUT2D eigenvalue weighted by atomic mass is 32.2. The molecule has 4 amide bonds. The summed E-state index contributed by atoms with van der Waals surface area (Å²) < 4.78 is 0. The molecule has 3 aromatic rings. The van der Waals surface area contributed by atoms with E-state index < -0.39 is 11.3 Å². The lowest BCUT2D eigenvalue weighted by molar-refractivity contribution is -0.129. The number of thioether (sulfide) groups is 1. The van der Waals surface area contributed by atoms with Crippen LogP contribution in [0.25, 0.3) is 0 Å². The summed E-state index contributed by atoms with van der Waals surface area (Å²) in [7, 11) is 0. The summed E-state index contributed by atoms with van der Waals surface area (Å²) in [6.45, 7) is 4.68. The Morgan fingerprint density at radius 2 is 1.95 bits per heavy atom. The molecule has 0 aliphatic carbocycles. The second-order valence-corrected chi connectivity index (χ2v) is 11.1. The van der Waals surface area contributed by atoms with Crippen molar-refractivity contribution in [3.8, 4) is 0 Å². The first kappa shape index (κ1) is 25.2. The van der Waals surface area contributed by atoms with Crippen molar-refractivity contribution in [3.05, 3.63) is 96.2 Å². The lowest BCUT2D eigenvalue weighted by atomic mass is 9.98. The van der Waals surface area contributed by atoms with Crippen LogP contribution in [-0.2, 0) is 16.0 Å². The third-order valence-corrected chi connectivity index (χ3v) is 8.73. The molecule has 0 bridgehead atoms. The van der Waals surface area contributed by atoms with E-state index in [1.807, 2.05) is 42.5 Å². The van der Waals surface area contributed by atoms with Gasteiger partial charge >= 0.3 is 6.03 Å². The number of nitrogens with one attached hydrogen (secondary N) is 2. The van der Waals surface area contributed by atoms with Gasteiger partial charge in [-0.25, -0.2) is 9.78 Å². The molecule has 9 heteroatoms. The molecule has 0 spiro atoms. The second-order valence-electron chi connectivity index (χ2n) is 10.0. The van der Waals surface area contributed by atoms with Crippen LogP contribution in [0.3, 0.4) is 0 Å². The minimum Gasteiger partial charge on any atom is -0.351 e. The van der Waals surface area contributed by atoms with Crippen molar-refractivity contribution in [3.63, 3.8) is 0 Å². The summed E-state index contributed by atoms with van der Waals surface area (Å²) in [4.78, 5) is 47.0. The van der Waals surface area contributed by atoms with Crippen molar-refractivity contribution in [2.45, 2.75) is 41.6 Å². The van der Waals surface area contributed by atoms with Crippen LogP contribution in [0.4, 0.5) is 16.2 Å². The fraction of sp³-hybridized carbons (Fsp3) is 0.267. The van der Waals surface area contributed by atoms with Crippen LogP contribution in [-0.4, -0.2) is 52.1 Å². The molecular formula is C30H29N5O3S. The number of likely N-dealkylation sites (tertiary alicyclic amines) is 1. The van der Waals surface area contributed by atoms with Gasteiger partial charge in [-0.2, -0.15) is 0 Å². The Morgan fingerprint density at radius 1 is 1.13 bits per heavy atom. The number of piperidine rings is 1. The highest BCUT2D eigenvalue weighted by Gasteiger charge is 2.47. The number of hydrogen-bond donors (Lipinski definition) is 2. The molecule has 2 N–H and O–H groups in total. The average molecular weight is 540 g/mol. The van der Waals surface area contributed by atoms with Gasteiger partial charge in [0.05, 0.1) is 17.4 Å². The first-order chi connectivity index (χ1) is 19.0. The number of aromatic nitrogens is 1. The van der Waals surface area contributed by atoms with Gasteiger partial charge < -0.3 is 15.5 Å². The van der Waals surface area contributed by atoms with Gasteiger partial charge in [-0.1, -0.05) is 60.8 Å². The number of hydrogen-bond acceptors (Lipinski definition) is 5. The van der Waals surface area contributed by atoms with Crippen LogP contribution < -0.4 is 15.5 Å². The molecule has 39 heavy (non-hydrogen) atoms. The number of pyridine rings is 1. The van der Waals surface area contributed by atoms with Gasteiger partial charge in [0.15, 0.2) is 0 Å². The molecule has 1 aromatic heterocycles. The van der Waals surface area contributed by atoms with Gasteiger partial charge in [-0.15, -0.1) is 0 Å². The third-order valence-electron chi connectivity index (χ3n) is 7.44. The van der Waals surface area contributed by atoms with Gasteiger partial charge in [0.2, 0.25) is 11.8 Å². The molecule has 2 aromatic carbocycles. The van der Waals surface area contributed by atoms with Crippen molar-refractivity contribution in [2.75, 3.05) is 18.0 Å². The van der Waals surface area contributed by atoms with Crippen LogP contribution >= 0.6 is 11.8 Å². The summed E-state index contributed by atoms with van der Waals surface area (Å²) in [5.41, 5.74) is 4.67. The number of benzene rings is 2. The first-order valence-corrected chi connectivity index (χ1v) is 14.0. The predicted molar refractivity (Wildman–Crippen MR) is 151 cm³/mol. The van der Waals surface area contributed by atoms with Gasteiger partial charge in [-0.3, -0.25) is 14.5 Å². The summed E-state index contributed by atoms with van der Waals surface area (Å²) in [5.74, 6) is -0.289. The molecule has 3 aliphatic heterocycles. The van der Waals surface area contributed by atoms with Crippen molar-refractivity contribution >= 4 is 41.0 Å². The number of amides is 4. The zero-order chi connectivity index (χ0) is 26.9. The van der Waals surface area contributed by atoms with E-state index >= 15 is 0 Å². The normalized spacial score (nSPS) is 21.6. The lowest BCUT2D eigenvalue weighted by Gasteiger charge is -2.35. The van der Waals surface area contributed by atoms with Crippen LogP contribution in [0.2, 0.25) is 0 Å². The van der Waals surface area contributed by atoms with E-state index in [0.29, 0.717) is 13.1 Å². The van der Waals surface area contributed by atoms with Crippen molar-refractivity contribution in [1.82, 2.24) is 20.5 Å². The zero-order valence-electron chi connectivity index (χ0n) is 21.4. The number of nitrogens with zero attached hydrogens (tertiary/aromatic N) is 3. The highest BCUT2D eigenvalue weighted by molar-refractivity contribution is 8.01. The van der Waals surface area contributed by atoms with Crippen LogP contribution in [0.5, 0.6) is 0 Å². The molecule has 2 unspecified atom stereocenters.